The van der Waals surface area contributed by atoms with Crippen molar-refractivity contribution in [2.24, 2.45) is 0 Å². The molecule has 0 saturated carbocycles. The molecule has 0 amide bonds. The summed E-state index contributed by atoms with van der Waals surface area (Å²) in [7, 11) is 0. The van der Waals surface area contributed by atoms with E-state index >= 15 is 0 Å². The van der Waals surface area contributed by atoms with E-state index in [4.69, 9.17) is 0 Å². The van der Waals surface area contributed by atoms with E-state index in [2.05, 4.69) is 353 Å². The second kappa shape index (κ2) is 24.0. The highest BCUT2D eigenvalue weighted by Crippen LogP contribution is 2.46. The zero-order chi connectivity index (χ0) is 69.1. The highest BCUT2D eigenvalue weighted by atomic mass is 15.0. The van der Waals surface area contributed by atoms with Crippen LogP contribution in [0, 0.1) is 11.3 Å². The Morgan fingerprint density at radius 2 is 0.463 bits per heavy atom. The minimum atomic E-state index is -0.0599. The molecule has 0 spiro atoms. The van der Waals surface area contributed by atoms with Gasteiger partial charge < -0.3 is 4.57 Å². The minimum Gasteiger partial charge on any atom is -0.309 e. The number of aromatic nitrogens is 1. The summed E-state index contributed by atoms with van der Waals surface area (Å²) in [6.45, 7) is 56.1. The number of benzene rings is 10. The molecule has 486 valence electrons. The van der Waals surface area contributed by atoms with Crippen LogP contribution in [-0.4, -0.2) is 4.57 Å². The fourth-order valence-electron chi connectivity index (χ4n) is 13.3. The van der Waals surface area contributed by atoms with Crippen LogP contribution in [0.25, 0.3) is 105 Å². The van der Waals surface area contributed by atoms with Gasteiger partial charge in [0.15, 0.2) is 0 Å². The molecule has 0 aliphatic heterocycles. The van der Waals surface area contributed by atoms with Gasteiger partial charge in [0.25, 0.3) is 0 Å². The van der Waals surface area contributed by atoms with Crippen LogP contribution in [0.15, 0.2) is 194 Å². The lowest BCUT2D eigenvalue weighted by molar-refractivity contribution is 0.568. The molecule has 10 aromatic carbocycles. The summed E-state index contributed by atoms with van der Waals surface area (Å²) in [6.07, 6.45) is 0. The number of hydrogen-bond donors (Lipinski definition) is 0. The Kier molecular flexibility index (Phi) is 17.1. The van der Waals surface area contributed by atoms with E-state index in [0.29, 0.717) is 5.56 Å². The minimum absolute atomic E-state index is 0.0599. The van der Waals surface area contributed by atoms with Crippen LogP contribution in [0.3, 0.4) is 0 Å². The molecule has 0 fully saturated rings. The average Bonchev–Trinajstić information content (AvgIpc) is 1.61. The zero-order valence-electron chi connectivity index (χ0n) is 61.9. The Hall–Kier alpha value is -8.51. The van der Waals surface area contributed by atoms with E-state index in [9.17, 15) is 5.26 Å². The lowest BCUT2D eigenvalue weighted by Gasteiger charge is -2.27. The van der Waals surface area contributed by atoms with Gasteiger partial charge in [0.2, 0.25) is 0 Å². The second-order valence-electron chi connectivity index (χ2n) is 35.8. The lowest BCUT2D eigenvalue weighted by atomic mass is 9.77. The van der Waals surface area contributed by atoms with Gasteiger partial charge in [-0.25, -0.2) is 0 Å². The van der Waals surface area contributed by atoms with Crippen LogP contribution in [0.1, 0.15) is 216 Å². The zero-order valence-corrected chi connectivity index (χ0v) is 61.9. The summed E-state index contributed by atoms with van der Waals surface area (Å²) in [5.74, 6) is 0. The highest BCUT2D eigenvalue weighted by Gasteiger charge is 2.28. The number of para-hydroxylation sites is 1. The van der Waals surface area contributed by atoms with Gasteiger partial charge in [0.05, 0.1) is 28.4 Å². The van der Waals surface area contributed by atoms with Crippen LogP contribution in [0.2, 0.25) is 0 Å². The van der Waals surface area contributed by atoms with Gasteiger partial charge >= 0.3 is 0 Å². The van der Waals surface area contributed by atoms with Gasteiger partial charge in [-0.1, -0.05) is 287 Å². The first kappa shape index (κ1) is 67.9. The summed E-state index contributed by atoms with van der Waals surface area (Å²) in [5, 5.41) is 12.9. The monoisotopic (exact) mass is 1250 g/mol. The van der Waals surface area contributed by atoms with E-state index < -0.39 is 0 Å². The number of hydrogen-bond acceptors (Lipinski definition) is 1. The maximum atomic E-state index is 10.6. The highest BCUT2D eigenvalue weighted by molar-refractivity contribution is 6.12. The summed E-state index contributed by atoms with van der Waals surface area (Å²) in [5.41, 5.74) is 30.3. The predicted molar refractivity (Wildman–Crippen MR) is 413 cm³/mol. The second-order valence-corrected chi connectivity index (χ2v) is 35.8. The number of fused-ring (bicyclic) bond motifs is 3. The molecule has 0 aliphatic carbocycles. The van der Waals surface area contributed by atoms with E-state index in [1.54, 1.807) is 0 Å². The van der Waals surface area contributed by atoms with Crippen molar-refractivity contribution in [1.82, 2.24) is 4.57 Å². The van der Waals surface area contributed by atoms with E-state index in [1.165, 1.54) is 89.0 Å². The first-order chi connectivity index (χ1) is 44.0. The standard InChI is InChI=1S/C93H104N2/c1-86(2,3)71-43-67(44-72(53-71)87(4,5)6)63-37-61(38-64(41-63)68-45-73(88(7,8)9)54-74(46-68)89(10,11)12)58-33-35-84-81(51-58)82-52-59(34-36-85(82)95(84)83-32-28-27-31-80(83)79-30-26-25-29-60(79)57-94)62-39-65(69-47-75(90(13,14)15)55-76(48-69)91(16,17)18)42-66(40-62)70-49-77(92(19,20)21)56-78(50-70)93(22,23)24/h25-56H,1-24H3. The van der Waals surface area contributed by atoms with Crippen LogP contribution >= 0.6 is 0 Å². The topological polar surface area (TPSA) is 28.7 Å². The van der Waals surface area contributed by atoms with Crippen LogP contribution in [0.4, 0.5) is 0 Å². The van der Waals surface area contributed by atoms with Crippen molar-refractivity contribution < 1.29 is 0 Å². The molecule has 95 heavy (non-hydrogen) atoms. The van der Waals surface area contributed by atoms with Crippen molar-refractivity contribution in [3.05, 3.63) is 244 Å². The molecule has 11 rings (SSSR count). The molecule has 0 saturated heterocycles. The molecule has 0 radical (unpaired) electrons. The first-order valence-corrected chi connectivity index (χ1v) is 34.7. The summed E-state index contributed by atoms with van der Waals surface area (Å²) >= 11 is 0. The van der Waals surface area contributed by atoms with Gasteiger partial charge in [-0.2, -0.15) is 5.26 Å². The molecule has 0 atom stereocenters. The Balaban J connectivity index is 1.24. The molecule has 2 nitrogen and oxygen atoms in total. The van der Waals surface area contributed by atoms with Gasteiger partial charge in [0, 0.05) is 21.9 Å². The summed E-state index contributed by atoms with van der Waals surface area (Å²) < 4.78 is 2.45. The van der Waals surface area contributed by atoms with Crippen molar-refractivity contribution in [3.8, 4) is 89.6 Å². The number of nitrogens with zero attached hydrogens (tertiary/aromatic N) is 2. The molecule has 0 bridgehead atoms. The third-order valence-electron chi connectivity index (χ3n) is 19.8. The maximum absolute atomic E-state index is 10.6. The Bertz CT molecular complexity index is 4250. The van der Waals surface area contributed by atoms with Gasteiger partial charge in [-0.3, -0.25) is 0 Å². The predicted octanol–water partition coefficient (Wildman–Crippen LogP) is 26.7. The van der Waals surface area contributed by atoms with Crippen molar-refractivity contribution in [2.45, 2.75) is 209 Å². The molecular formula is C93H104N2. The van der Waals surface area contributed by atoms with Gasteiger partial charge in [-0.15, -0.1) is 0 Å². The largest absolute Gasteiger partial charge is 0.309 e. The van der Waals surface area contributed by atoms with Gasteiger partial charge in [-0.05, 0) is 227 Å². The van der Waals surface area contributed by atoms with Crippen LogP contribution in [0.5, 0.6) is 0 Å². The van der Waals surface area contributed by atoms with Crippen molar-refractivity contribution in [2.75, 3.05) is 0 Å². The Morgan fingerprint density at radius 3 is 0.726 bits per heavy atom. The third-order valence-corrected chi connectivity index (χ3v) is 19.8. The van der Waals surface area contributed by atoms with Crippen molar-refractivity contribution >= 4 is 21.8 Å². The molecule has 11 aromatic rings. The molecule has 0 unspecified atom stereocenters. The summed E-state index contributed by atoms with van der Waals surface area (Å²) in [4.78, 5) is 0. The molecule has 1 aromatic heterocycles. The molecule has 2 heteroatoms. The molecular weight excluding hydrogens is 1150 g/mol. The number of rotatable bonds is 8. The summed E-state index contributed by atoms with van der Waals surface area (Å²) in [6, 6.07) is 77.5. The lowest BCUT2D eigenvalue weighted by Crippen LogP contribution is -2.16. The van der Waals surface area contributed by atoms with E-state index in [1.807, 2.05) is 18.2 Å². The van der Waals surface area contributed by atoms with Crippen LogP contribution in [-0.2, 0) is 43.3 Å². The Labute approximate surface area is 571 Å². The first-order valence-electron chi connectivity index (χ1n) is 34.7. The smallest absolute Gasteiger partial charge is 0.0998 e. The average molecular weight is 1250 g/mol. The number of nitriles is 1. The third kappa shape index (κ3) is 14.1. The fraction of sp³-hybridized carbons (Fsp3) is 0.344. The van der Waals surface area contributed by atoms with E-state index in [0.717, 1.165) is 60.9 Å². The molecule has 0 N–H and O–H groups in total. The molecule has 0 aliphatic rings. The van der Waals surface area contributed by atoms with Crippen LogP contribution < -0.4 is 0 Å². The van der Waals surface area contributed by atoms with Gasteiger partial charge in [0.1, 0.15) is 0 Å². The molecule has 1 heterocycles. The quantitative estimate of drug-likeness (QED) is 0.149. The Morgan fingerprint density at radius 1 is 0.232 bits per heavy atom. The fourth-order valence-corrected chi connectivity index (χ4v) is 13.3. The maximum Gasteiger partial charge on any atom is 0.0998 e. The normalized spacial score (nSPS) is 13.0. The van der Waals surface area contributed by atoms with Crippen molar-refractivity contribution in [3.63, 3.8) is 0 Å². The van der Waals surface area contributed by atoms with E-state index in [-0.39, 0.29) is 43.3 Å². The SMILES string of the molecule is CC(C)(C)c1cc(-c2cc(-c3cc(C(C)(C)C)cc(C(C)(C)C)c3)cc(-c3ccc4c(c3)c3cc(-c5cc(-c6cc(C(C)(C)C)cc(C(C)(C)C)c6)cc(-c6cc(C(C)(C)C)cc(C(C)(C)C)c6)c5)ccc3n4-c3ccccc3-c3ccccc3C#N)c2)cc(C(C)(C)C)c1. The van der Waals surface area contributed by atoms with Crippen molar-refractivity contribution in [1.29, 1.82) is 5.26 Å².